The van der Waals surface area contributed by atoms with Gasteiger partial charge in [-0.1, -0.05) is 5.21 Å². The van der Waals surface area contributed by atoms with E-state index in [1.165, 1.54) is 4.68 Å². The van der Waals surface area contributed by atoms with Crippen molar-refractivity contribution in [2.75, 3.05) is 6.54 Å². The number of hydrogen-bond acceptors (Lipinski definition) is 5. The molecule has 17 heavy (non-hydrogen) atoms. The Morgan fingerprint density at radius 3 is 3.24 bits per heavy atom. The van der Waals surface area contributed by atoms with Gasteiger partial charge in [0, 0.05) is 13.1 Å². The molecule has 3 rings (SSSR count). The Kier molecular flexibility index (Phi) is 2.40. The van der Waals surface area contributed by atoms with Gasteiger partial charge in [-0.2, -0.15) is 5.10 Å². The lowest BCUT2D eigenvalue weighted by molar-refractivity contribution is 0.446. The first-order chi connectivity index (χ1) is 8.25. The van der Waals surface area contributed by atoms with Gasteiger partial charge in [-0.15, -0.1) is 5.10 Å². The summed E-state index contributed by atoms with van der Waals surface area (Å²) in [5, 5.41) is 15.9. The second-order valence-corrected chi connectivity index (χ2v) is 4.38. The number of aromatic nitrogens is 5. The zero-order valence-corrected chi connectivity index (χ0v) is 9.63. The van der Waals surface area contributed by atoms with Crippen LogP contribution in [0.15, 0.2) is 11.0 Å². The zero-order valence-electron chi connectivity index (χ0n) is 9.63. The summed E-state index contributed by atoms with van der Waals surface area (Å²) in [5.41, 5.74) is 0.419. The van der Waals surface area contributed by atoms with Crippen molar-refractivity contribution < 1.29 is 0 Å². The van der Waals surface area contributed by atoms with Crippen LogP contribution in [0, 0.1) is 0 Å². The van der Waals surface area contributed by atoms with E-state index in [0.717, 1.165) is 19.4 Å². The molecule has 1 aliphatic heterocycles. The maximum absolute atomic E-state index is 12.1. The van der Waals surface area contributed by atoms with Gasteiger partial charge in [0.25, 0.3) is 5.56 Å². The van der Waals surface area contributed by atoms with Crippen molar-refractivity contribution in [2.45, 2.75) is 25.4 Å². The van der Waals surface area contributed by atoms with Gasteiger partial charge in [-0.25, -0.2) is 9.36 Å². The molecule has 2 aromatic rings. The van der Waals surface area contributed by atoms with Gasteiger partial charge in [-0.05, 0) is 19.4 Å². The first-order valence-electron chi connectivity index (χ1n) is 5.74. The van der Waals surface area contributed by atoms with Crippen LogP contribution in [0.25, 0.3) is 11.0 Å². The third-order valence-electron chi connectivity index (χ3n) is 3.18. The molecule has 0 aliphatic carbocycles. The Hall–Kier alpha value is -1.76. The van der Waals surface area contributed by atoms with E-state index >= 15 is 0 Å². The summed E-state index contributed by atoms with van der Waals surface area (Å²) >= 11 is 0. The highest BCUT2D eigenvalue weighted by atomic mass is 16.1. The van der Waals surface area contributed by atoms with Crippen LogP contribution in [0.4, 0.5) is 0 Å². The topological polar surface area (TPSA) is 77.6 Å². The van der Waals surface area contributed by atoms with Crippen LogP contribution < -0.4 is 10.9 Å². The number of nitrogens with one attached hydrogen (secondary N) is 1. The van der Waals surface area contributed by atoms with Crippen molar-refractivity contribution in [3.8, 4) is 0 Å². The summed E-state index contributed by atoms with van der Waals surface area (Å²) in [6.07, 6.45) is 3.78. The van der Waals surface area contributed by atoms with Crippen LogP contribution in [0.1, 0.15) is 12.8 Å². The van der Waals surface area contributed by atoms with E-state index in [-0.39, 0.29) is 5.56 Å². The fourth-order valence-electron chi connectivity index (χ4n) is 2.22. The van der Waals surface area contributed by atoms with Crippen molar-refractivity contribution in [3.63, 3.8) is 0 Å². The molecule has 2 aromatic heterocycles. The van der Waals surface area contributed by atoms with E-state index in [2.05, 4.69) is 20.7 Å². The summed E-state index contributed by atoms with van der Waals surface area (Å²) < 4.78 is 2.98. The molecule has 0 spiro atoms. The van der Waals surface area contributed by atoms with Crippen LogP contribution in [-0.4, -0.2) is 37.4 Å². The van der Waals surface area contributed by atoms with Crippen LogP contribution in [0.5, 0.6) is 0 Å². The number of aryl methyl sites for hydroxylation is 1. The van der Waals surface area contributed by atoms with Gasteiger partial charge in [0.2, 0.25) is 0 Å². The van der Waals surface area contributed by atoms with E-state index in [4.69, 9.17) is 0 Å². The van der Waals surface area contributed by atoms with Gasteiger partial charge >= 0.3 is 0 Å². The molecule has 0 bridgehead atoms. The van der Waals surface area contributed by atoms with Crippen molar-refractivity contribution >= 4 is 11.0 Å². The lowest BCUT2D eigenvalue weighted by Crippen LogP contribution is -2.34. The normalized spacial score (nSPS) is 20.2. The first-order valence-corrected chi connectivity index (χ1v) is 5.74. The van der Waals surface area contributed by atoms with E-state index < -0.39 is 0 Å². The lowest BCUT2D eigenvalue weighted by Gasteiger charge is -2.10. The molecule has 0 amide bonds. The third-order valence-corrected chi connectivity index (χ3v) is 3.18. The second-order valence-electron chi connectivity index (χ2n) is 4.38. The Balaban J connectivity index is 1.99. The summed E-state index contributed by atoms with van der Waals surface area (Å²) in [6, 6.07) is 0.330. The molecule has 0 unspecified atom stereocenters. The number of nitrogens with zero attached hydrogens (tertiary/aromatic N) is 5. The average molecular weight is 234 g/mol. The smallest absolute Gasteiger partial charge is 0.280 e. The average Bonchev–Trinajstić information content (AvgIpc) is 2.93. The number of rotatable bonds is 2. The Labute approximate surface area is 97.4 Å². The molecule has 1 N–H and O–H groups in total. The highest BCUT2D eigenvalue weighted by Gasteiger charge is 2.17. The molecule has 90 valence electrons. The molecule has 1 aliphatic rings. The van der Waals surface area contributed by atoms with Gasteiger partial charge in [0.15, 0.2) is 5.65 Å². The predicted octanol–water partition coefficient (Wildman–Crippen LogP) is -0.723. The van der Waals surface area contributed by atoms with Crippen molar-refractivity contribution in [2.24, 2.45) is 7.05 Å². The van der Waals surface area contributed by atoms with Crippen molar-refractivity contribution in [1.29, 1.82) is 0 Å². The molecule has 1 saturated heterocycles. The van der Waals surface area contributed by atoms with Gasteiger partial charge in [-0.3, -0.25) is 4.79 Å². The standard InChI is InChI=1S/C10H14N6O/c1-15-9-8(5-12-15)10(17)16(14-13-9)6-7-3-2-4-11-7/h5,7,11H,2-4,6H2,1H3/t7-/m0/s1. The minimum atomic E-state index is -0.114. The molecule has 1 atom stereocenters. The summed E-state index contributed by atoms with van der Waals surface area (Å²) in [4.78, 5) is 12.1. The third kappa shape index (κ3) is 1.72. The first kappa shape index (κ1) is 10.4. The number of hydrogen-bond donors (Lipinski definition) is 1. The Morgan fingerprint density at radius 1 is 1.59 bits per heavy atom. The fourth-order valence-corrected chi connectivity index (χ4v) is 2.22. The molecular formula is C10H14N6O. The number of fused-ring (bicyclic) bond motifs is 1. The summed E-state index contributed by atoms with van der Waals surface area (Å²) in [5.74, 6) is 0. The summed E-state index contributed by atoms with van der Waals surface area (Å²) in [7, 11) is 1.75. The van der Waals surface area contributed by atoms with Crippen LogP contribution in [0.3, 0.4) is 0 Å². The Morgan fingerprint density at radius 2 is 2.47 bits per heavy atom. The molecule has 0 radical (unpaired) electrons. The highest BCUT2D eigenvalue weighted by Crippen LogP contribution is 2.07. The molecule has 3 heterocycles. The van der Waals surface area contributed by atoms with Gasteiger partial charge in [0.05, 0.1) is 12.7 Å². The molecule has 1 fully saturated rings. The van der Waals surface area contributed by atoms with Crippen molar-refractivity contribution in [1.82, 2.24) is 30.1 Å². The molecule has 0 saturated carbocycles. The van der Waals surface area contributed by atoms with E-state index in [1.54, 1.807) is 17.9 Å². The minimum absolute atomic E-state index is 0.114. The predicted molar refractivity (Wildman–Crippen MR) is 61.6 cm³/mol. The Bertz CT molecular complexity index is 594. The van der Waals surface area contributed by atoms with Gasteiger partial charge in [0.1, 0.15) is 5.39 Å². The SMILES string of the molecule is Cn1ncc2c(=O)n(C[C@@H]3CCCN3)nnc21. The molecule has 7 heteroatoms. The quantitative estimate of drug-likeness (QED) is 0.741. The van der Waals surface area contributed by atoms with Crippen molar-refractivity contribution in [3.05, 3.63) is 16.6 Å². The lowest BCUT2D eigenvalue weighted by atomic mass is 10.2. The van der Waals surface area contributed by atoms with Crippen LogP contribution in [0.2, 0.25) is 0 Å². The molecule has 7 nitrogen and oxygen atoms in total. The highest BCUT2D eigenvalue weighted by molar-refractivity contribution is 5.72. The minimum Gasteiger partial charge on any atom is -0.312 e. The second kappa shape index (κ2) is 3.92. The van der Waals surface area contributed by atoms with Gasteiger partial charge < -0.3 is 5.32 Å². The maximum Gasteiger partial charge on any atom is 0.280 e. The molecule has 0 aromatic carbocycles. The largest absolute Gasteiger partial charge is 0.312 e. The summed E-state index contributed by atoms with van der Waals surface area (Å²) in [6.45, 7) is 1.60. The van der Waals surface area contributed by atoms with Crippen LogP contribution in [-0.2, 0) is 13.6 Å². The van der Waals surface area contributed by atoms with E-state index in [1.807, 2.05) is 0 Å². The van der Waals surface area contributed by atoms with E-state index in [9.17, 15) is 4.79 Å². The fraction of sp³-hybridized carbons (Fsp3) is 0.600. The van der Waals surface area contributed by atoms with Crippen LogP contribution >= 0.6 is 0 Å². The maximum atomic E-state index is 12.1. The zero-order chi connectivity index (χ0) is 11.8. The molecular weight excluding hydrogens is 220 g/mol. The monoisotopic (exact) mass is 234 g/mol. The van der Waals surface area contributed by atoms with E-state index in [0.29, 0.717) is 23.6 Å².